The summed E-state index contributed by atoms with van der Waals surface area (Å²) in [6.45, 7) is 0. The van der Waals surface area contributed by atoms with Crippen LogP contribution in [0.1, 0.15) is 0 Å². The fourth-order valence-corrected chi connectivity index (χ4v) is 10.3. The quantitative estimate of drug-likeness (QED) is 0.0903. The highest BCUT2D eigenvalue weighted by Crippen LogP contribution is 2.41. The van der Waals surface area contributed by atoms with Gasteiger partial charge in [0.15, 0.2) is 0 Å². The van der Waals surface area contributed by atoms with E-state index in [0.29, 0.717) is 0 Å². The Morgan fingerprint density at radius 2 is 0.339 bits per heavy atom. The van der Waals surface area contributed by atoms with Crippen molar-refractivity contribution in [2.24, 2.45) is 0 Å². The number of aromatic amines is 6. The van der Waals surface area contributed by atoms with E-state index in [1.807, 2.05) is 0 Å². The number of hydrogen-bond acceptors (Lipinski definition) is 0. The zero-order valence-corrected chi connectivity index (χ0v) is 29.7. The summed E-state index contributed by atoms with van der Waals surface area (Å²) in [4.78, 5) is 22.6. The molecule has 9 aromatic carbocycles. The third-order valence-corrected chi connectivity index (χ3v) is 12.9. The maximum atomic E-state index is 3.80. The van der Waals surface area contributed by atoms with Gasteiger partial charge >= 0.3 is 0 Å². The molecule has 258 valence electrons. The summed E-state index contributed by atoms with van der Waals surface area (Å²) in [5, 5.41) is 19.8. The third kappa shape index (κ3) is 3.44. The molecule has 0 amide bonds. The van der Waals surface area contributed by atoms with Gasteiger partial charge in [-0.3, -0.25) is 0 Å². The van der Waals surface area contributed by atoms with E-state index in [2.05, 4.69) is 163 Å². The minimum Gasteiger partial charge on any atom is -0.354 e. The van der Waals surface area contributed by atoms with Gasteiger partial charge in [0.25, 0.3) is 0 Å². The second-order valence-electron chi connectivity index (χ2n) is 16.0. The number of nitrogens with one attached hydrogen (secondary N) is 6. The van der Waals surface area contributed by atoms with Gasteiger partial charge in [-0.05, 0) is 106 Å². The van der Waals surface area contributed by atoms with Crippen molar-refractivity contribution in [1.29, 1.82) is 0 Å². The highest BCUT2D eigenvalue weighted by Gasteiger charge is 2.17. The molecule has 56 heavy (non-hydrogen) atoms. The van der Waals surface area contributed by atoms with Crippen molar-refractivity contribution in [3.8, 4) is 0 Å². The van der Waals surface area contributed by atoms with E-state index in [-0.39, 0.29) is 0 Å². The minimum absolute atomic E-state index is 1.14. The second kappa shape index (κ2) is 9.32. The molecule has 6 nitrogen and oxygen atoms in total. The number of benzene rings is 9. The normalized spacial score (nSPS) is 13.0. The van der Waals surface area contributed by atoms with Gasteiger partial charge in [0, 0.05) is 131 Å². The number of rotatable bonds is 0. The van der Waals surface area contributed by atoms with Crippen molar-refractivity contribution in [3.05, 3.63) is 133 Å². The molecular formula is C50H28N6. The molecule has 15 aromatic rings. The van der Waals surface area contributed by atoms with Crippen LogP contribution in [-0.4, -0.2) is 29.9 Å². The van der Waals surface area contributed by atoms with Gasteiger partial charge in [-0.2, -0.15) is 0 Å². The molecule has 0 aliphatic heterocycles. The SMILES string of the molecule is c1ccc2cc3c(cc2c1)[nH]c1cc2c(cc13)[nH]c1cc3c(cc12)[nH]c1cc2c(cc13)[nH]c1cc3c(cc12)[nH]c1cc2c(cc13)[nH]c1cc3ccccc3cc12. The summed E-state index contributed by atoms with van der Waals surface area (Å²) >= 11 is 0. The van der Waals surface area contributed by atoms with Crippen LogP contribution in [0.5, 0.6) is 0 Å². The molecule has 0 fully saturated rings. The van der Waals surface area contributed by atoms with Gasteiger partial charge in [-0.25, -0.2) is 0 Å². The largest absolute Gasteiger partial charge is 0.354 e. The molecule has 0 atom stereocenters. The lowest BCUT2D eigenvalue weighted by Crippen LogP contribution is -1.73. The first-order valence-electron chi connectivity index (χ1n) is 19.2. The third-order valence-electron chi connectivity index (χ3n) is 12.9. The van der Waals surface area contributed by atoms with E-state index in [9.17, 15) is 0 Å². The lowest BCUT2D eigenvalue weighted by molar-refractivity contribution is 1.54. The van der Waals surface area contributed by atoms with E-state index in [1.165, 1.54) is 97.2 Å². The molecule has 0 saturated heterocycles. The lowest BCUT2D eigenvalue weighted by Gasteiger charge is -1.98. The van der Waals surface area contributed by atoms with Crippen molar-refractivity contribution < 1.29 is 0 Å². The molecule has 0 aliphatic carbocycles. The maximum Gasteiger partial charge on any atom is 0.0472 e. The van der Waals surface area contributed by atoms with Crippen molar-refractivity contribution >= 4 is 152 Å². The smallest absolute Gasteiger partial charge is 0.0472 e. The molecule has 6 aromatic heterocycles. The average molecular weight is 713 g/mol. The number of fused-ring (bicyclic) bond motifs is 20. The Morgan fingerprint density at radius 3 is 0.554 bits per heavy atom. The van der Waals surface area contributed by atoms with Gasteiger partial charge in [0.1, 0.15) is 0 Å². The first-order valence-corrected chi connectivity index (χ1v) is 19.2. The van der Waals surface area contributed by atoms with Crippen LogP contribution in [0.4, 0.5) is 0 Å². The minimum atomic E-state index is 1.14. The van der Waals surface area contributed by atoms with Crippen LogP contribution in [0.15, 0.2) is 133 Å². The standard InChI is InChI=1S/C50H28N6/c1-3-7-25-11-39-27(9-23(25)5-1)29-13-43-31(15-41(29)51-39)33-17-47-35(19-45(33)53-43)37-21-50-38(22-49(37)55-47)36-20-46-34(18-48(36)56-50)32-16-42-30(14-44(32)54-46)28-10-24-6-2-4-8-26(24)12-40(28)52-42/h1-22,51-56H. The van der Waals surface area contributed by atoms with Crippen molar-refractivity contribution in [1.82, 2.24) is 29.9 Å². The van der Waals surface area contributed by atoms with Crippen LogP contribution in [0.3, 0.4) is 0 Å². The van der Waals surface area contributed by atoms with Crippen LogP contribution in [0.25, 0.3) is 152 Å². The highest BCUT2D eigenvalue weighted by atomic mass is 14.8. The van der Waals surface area contributed by atoms with Crippen molar-refractivity contribution in [2.75, 3.05) is 0 Å². The first-order chi connectivity index (χ1) is 27.6. The monoisotopic (exact) mass is 712 g/mol. The Hall–Kier alpha value is -7.70. The zero-order chi connectivity index (χ0) is 36.0. The van der Waals surface area contributed by atoms with Gasteiger partial charge < -0.3 is 29.9 Å². The van der Waals surface area contributed by atoms with Gasteiger partial charge in [0.2, 0.25) is 0 Å². The van der Waals surface area contributed by atoms with Gasteiger partial charge in [-0.15, -0.1) is 0 Å². The average Bonchev–Trinajstić information content (AvgIpc) is 4.06. The number of hydrogen-bond donors (Lipinski definition) is 6. The van der Waals surface area contributed by atoms with Gasteiger partial charge in [-0.1, -0.05) is 48.5 Å². The molecule has 6 heterocycles. The Balaban J connectivity index is 0.897. The molecular weight excluding hydrogens is 685 g/mol. The van der Waals surface area contributed by atoms with E-state index < -0.39 is 0 Å². The molecule has 0 spiro atoms. The predicted molar refractivity (Wildman–Crippen MR) is 238 cm³/mol. The van der Waals surface area contributed by atoms with Crippen LogP contribution in [0, 0.1) is 0 Å². The lowest BCUT2D eigenvalue weighted by atomic mass is 10.0. The maximum absolute atomic E-state index is 3.80. The van der Waals surface area contributed by atoms with E-state index in [1.54, 1.807) is 0 Å². The fraction of sp³-hybridized carbons (Fsp3) is 0. The Kier molecular flexibility index (Phi) is 4.63. The van der Waals surface area contributed by atoms with Crippen LogP contribution < -0.4 is 0 Å². The Bertz CT molecular complexity index is 4010. The van der Waals surface area contributed by atoms with Crippen molar-refractivity contribution in [3.63, 3.8) is 0 Å². The molecule has 0 aliphatic rings. The highest BCUT2D eigenvalue weighted by molar-refractivity contribution is 6.25. The molecule has 0 saturated carbocycles. The topological polar surface area (TPSA) is 94.7 Å². The number of aromatic nitrogens is 6. The predicted octanol–water partition coefficient (Wildman–Crippen LogP) is 13.8. The molecule has 6 heteroatoms. The molecule has 6 N–H and O–H groups in total. The zero-order valence-electron chi connectivity index (χ0n) is 29.7. The van der Waals surface area contributed by atoms with Crippen LogP contribution in [-0.2, 0) is 0 Å². The van der Waals surface area contributed by atoms with Crippen molar-refractivity contribution in [2.45, 2.75) is 0 Å². The van der Waals surface area contributed by atoms with Gasteiger partial charge in [0.05, 0.1) is 0 Å². The van der Waals surface area contributed by atoms with E-state index in [4.69, 9.17) is 0 Å². The van der Waals surface area contributed by atoms with E-state index in [0.717, 1.165) is 55.2 Å². The van der Waals surface area contributed by atoms with Crippen LogP contribution >= 0.6 is 0 Å². The molecule has 15 rings (SSSR count). The first kappa shape index (κ1) is 27.8. The Morgan fingerprint density at radius 1 is 0.179 bits per heavy atom. The summed E-state index contributed by atoms with van der Waals surface area (Å²) in [6, 6.07) is 49.5. The summed E-state index contributed by atoms with van der Waals surface area (Å²) in [7, 11) is 0. The number of H-pyrrole nitrogens is 6. The second-order valence-corrected chi connectivity index (χ2v) is 16.0. The molecule has 0 unspecified atom stereocenters. The summed E-state index contributed by atoms with van der Waals surface area (Å²) < 4.78 is 0. The fourth-order valence-electron chi connectivity index (χ4n) is 10.3. The summed E-state index contributed by atoms with van der Waals surface area (Å²) in [5.41, 5.74) is 13.8. The molecule has 0 radical (unpaired) electrons. The summed E-state index contributed by atoms with van der Waals surface area (Å²) in [5.74, 6) is 0. The van der Waals surface area contributed by atoms with Crippen LogP contribution in [0.2, 0.25) is 0 Å². The Labute approximate surface area is 314 Å². The van der Waals surface area contributed by atoms with E-state index >= 15 is 0 Å². The summed E-state index contributed by atoms with van der Waals surface area (Å²) in [6.07, 6.45) is 0. The molecule has 0 bridgehead atoms.